The first-order valence-corrected chi connectivity index (χ1v) is 4.78. The number of carbonyl (C=O) groups excluding carboxylic acids is 1. The maximum Gasteiger partial charge on any atom is 0.170 e. The van der Waals surface area contributed by atoms with Crippen LogP contribution in [-0.2, 0) is 0 Å². The first-order chi connectivity index (χ1) is 6.83. The van der Waals surface area contributed by atoms with Crippen molar-refractivity contribution in [3.05, 3.63) is 35.2 Å². The molecule has 0 aliphatic carbocycles. The first-order valence-electron chi connectivity index (χ1n) is 4.40. The Morgan fingerprint density at radius 3 is 2.79 bits per heavy atom. The number of hydrogen-bond donors (Lipinski definition) is 0. The van der Waals surface area contributed by atoms with Gasteiger partial charge in [-0.05, 0) is 12.1 Å². The molecule has 14 heavy (non-hydrogen) atoms. The van der Waals surface area contributed by atoms with E-state index in [0.29, 0.717) is 17.6 Å². The van der Waals surface area contributed by atoms with Gasteiger partial charge >= 0.3 is 0 Å². The van der Waals surface area contributed by atoms with Crippen LogP contribution in [0, 0.1) is 0 Å². The molecule has 0 radical (unpaired) electrons. The largest absolute Gasteiger partial charge is 0.296 e. The van der Waals surface area contributed by atoms with Crippen molar-refractivity contribution in [1.82, 2.24) is 9.38 Å². The molecule has 0 N–H and O–H groups in total. The van der Waals surface area contributed by atoms with E-state index >= 15 is 0 Å². The predicted molar refractivity (Wildman–Crippen MR) is 56.9 cm³/mol. The minimum atomic E-state index is 0.246. The molecule has 0 spiro atoms. The number of hydrogen-bond acceptors (Lipinski definition) is 2. The van der Waals surface area contributed by atoms with E-state index in [2.05, 4.69) is 4.98 Å². The Hall–Kier alpha value is -1.35. The van der Waals surface area contributed by atoms with Gasteiger partial charge < -0.3 is 0 Å². The van der Waals surface area contributed by atoms with Gasteiger partial charge in [-0.25, -0.2) is 4.98 Å². The van der Waals surface area contributed by atoms with Crippen LogP contribution < -0.4 is 0 Å². The number of pyridine rings is 1. The molecule has 2 aromatic rings. The van der Waals surface area contributed by atoms with Crippen LogP contribution in [0.3, 0.4) is 0 Å². The van der Waals surface area contributed by atoms with Gasteiger partial charge in [0.1, 0.15) is 11.3 Å². The summed E-state index contributed by atoms with van der Waals surface area (Å²) < 4.78 is 1.65. The van der Waals surface area contributed by atoms with Gasteiger partial charge in [0.05, 0.1) is 0 Å². The first kappa shape index (κ1) is 10.7. The van der Waals surface area contributed by atoms with E-state index in [1.54, 1.807) is 16.7 Å². The number of aldehydes is 1. The highest BCUT2D eigenvalue weighted by Gasteiger charge is 2.06. The molecule has 0 fully saturated rings. The van der Waals surface area contributed by atoms with E-state index in [9.17, 15) is 4.79 Å². The van der Waals surface area contributed by atoms with Crippen LogP contribution in [0.25, 0.3) is 5.65 Å². The molecule has 74 valence electrons. The Morgan fingerprint density at radius 1 is 1.43 bits per heavy atom. The summed E-state index contributed by atoms with van der Waals surface area (Å²) in [5.41, 5.74) is 1.08. The minimum Gasteiger partial charge on any atom is -0.296 e. The quantitative estimate of drug-likeness (QED) is 0.679. The van der Waals surface area contributed by atoms with E-state index in [4.69, 9.17) is 11.6 Å². The molecule has 2 heterocycles. The third-order valence-corrected chi connectivity index (χ3v) is 1.91. The minimum absolute atomic E-state index is 0.246. The van der Waals surface area contributed by atoms with Crippen molar-refractivity contribution in [1.29, 1.82) is 0 Å². The fraction of sp³-hybridized carbons (Fsp3) is 0.200. The zero-order valence-corrected chi connectivity index (χ0v) is 8.82. The van der Waals surface area contributed by atoms with E-state index in [0.717, 1.165) is 0 Å². The molecular formula is C10H11ClN2O. The normalized spacial score (nSPS) is 9.36. The molecule has 2 aromatic heterocycles. The summed E-state index contributed by atoms with van der Waals surface area (Å²) in [6.07, 6.45) is 2.44. The SMILES string of the molecule is CC.O=Cc1c(Cl)nc2ccccn12. The van der Waals surface area contributed by atoms with Gasteiger partial charge in [-0.2, -0.15) is 0 Å². The Morgan fingerprint density at radius 2 is 2.14 bits per heavy atom. The van der Waals surface area contributed by atoms with Crippen LogP contribution >= 0.6 is 11.6 Å². The number of imidazole rings is 1. The van der Waals surface area contributed by atoms with Crippen LogP contribution in [0.5, 0.6) is 0 Å². The van der Waals surface area contributed by atoms with Crippen LogP contribution in [0.2, 0.25) is 5.15 Å². The van der Waals surface area contributed by atoms with Crippen molar-refractivity contribution in [3.8, 4) is 0 Å². The van der Waals surface area contributed by atoms with Crippen molar-refractivity contribution >= 4 is 23.5 Å². The molecule has 0 unspecified atom stereocenters. The monoisotopic (exact) mass is 210 g/mol. The third-order valence-electron chi connectivity index (χ3n) is 1.63. The fourth-order valence-corrected chi connectivity index (χ4v) is 1.31. The zero-order chi connectivity index (χ0) is 10.6. The second-order valence-electron chi connectivity index (χ2n) is 2.33. The van der Waals surface area contributed by atoms with Crippen molar-refractivity contribution in [2.45, 2.75) is 13.8 Å². The van der Waals surface area contributed by atoms with Gasteiger partial charge in [0.25, 0.3) is 0 Å². The Labute approximate surface area is 87.3 Å². The van der Waals surface area contributed by atoms with Crippen molar-refractivity contribution in [2.24, 2.45) is 0 Å². The molecule has 0 aliphatic rings. The van der Waals surface area contributed by atoms with Gasteiger partial charge in [0, 0.05) is 6.20 Å². The average Bonchev–Trinajstić information content (AvgIpc) is 2.56. The maximum atomic E-state index is 10.6. The highest BCUT2D eigenvalue weighted by atomic mass is 35.5. The number of halogens is 1. The topological polar surface area (TPSA) is 34.4 Å². The third kappa shape index (κ3) is 1.77. The van der Waals surface area contributed by atoms with Crippen LogP contribution in [0.15, 0.2) is 24.4 Å². The highest BCUT2D eigenvalue weighted by molar-refractivity contribution is 6.31. The summed E-state index contributed by atoms with van der Waals surface area (Å²) in [6.45, 7) is 4.00. The number of carbonyl (C=O) groups is 1. The van der Waals surface area contributed by atoms with E-state index in [1.165, 1.54) is 0 Å². The Balaban J connectivity index is 0.000000461. The van der Waals surface area contributed by atoms with Crippen molar-refractivity contribution < 1.29 is 4.79 Å². The smallest absolute Gasteiger partial charge is 0.170 e. The van der Waals surface area contributed by atoms with Crippen LogP contribution in [-0.4, -0.2) is 15.7 Å². The van der Waals surface area contributed by atoms with Gasteiger partial charge in [-0.15, -0.1) is 0 Å². The maximum absolute atomic E-state index is 10.6. The molecular weight excluding hydrogens is 200 g/mol. The second-order valence-corrected chi connectivity index (χ2v) is 2.69. The Kier molecular flexibility index (Phi) is 3.65. The molecule has 2 rings (SSSR count). The molecule has 3 nitrogen and oxygen atoms in total. The van der Waals surface area contributed by atoms with E-state index < -0.39 is 0 Å². The van der Waals surface area contributed by atoms with Gasteiger partial charge in [-0.3, -0.25) is 9.20 Å². The highest BCUT2D eigenvalue weighted by Crippen LogP contribution is 2.14. The summed E-state index contributed by atoms with van der Waals surface area (Å²) in [5.74, 6) is 0. The number of fused-ring (bicyclic) bond motifs is 1. The molecule has 0 atom stereocenters. The van der Waals surface area contributed by atoms with Crippen molar-refractivity contribution in [2.75, 3.05) is 0 Å². The lowest BCUT2D eigenvalue weighted by molar-refractivity contribution is 0.111. The number of rotatable bonds is 1. The molecule has 0 aliphatic heterocycles. The molecule has 0 bridgehead atoms. The van der Waals surface area contributed by atoms with Crippen molar-refractivity contribution in [3.63, 3.8) is 0 Å². The number of aromatic nitrogens is 2. The summed E-state index contributed by atoms with van der Waals surface area (Å²) in [5, 5.41) is 0.246. The second kappa shape index (κ2) is 4.77. The lowest BCUT2D eigenvalue weighted by Gasteiger charge is -1.91. The predicted octanol–water partition coefficient (Wildman–Crippen LogP) is 2.83. The van der Waals surface area contributed by atoms with Crippen LogP contribution in [0.1, 0.15) is 24.3 Å². The summed E-state index contributed by atoms with van der Waals surface area (Å²) in [7, 11) is 0. The van der Waals surface area contributed by atoms with E-state index in [-0.39, 0.29) is 5.15 Å². The number of nitrogens with zero attached hydrogens (tertiary/aromatic N) is 2. The zero-order valence-electron chi connectivity index (χ0n) is 8.07. The molecule has 0 aromatic carbocycles. The summed E-state index contributed by atoms with van der Waals surface area (Å²) in [4.78, 5) is 14.5. The van der Waals surface area contributed by atoms with Gasteiger partial charge in [0.15, 0.2) is 11.4 Å². The Bertz CT molecular complexity index is 437. The van der Waals surface area contributed by atoms with Crippen LogP contribution in [0.4, 0.5) is 0 Å². The standard InChI is InChI=1S/C8H5ClN2O.C2H6/c9-8-6(5-12)11-4-2-1-3-7(11)10-8;1-2/h1-5H;1-2H3. The summed E-state index contributed by atoms with van der Waals surface area (Å²) >= 11 is 5.70. The van der Waals surface area contributed by atoms with Gasteiger partial charge in [-0.1, -0.05) is 31.5 Å². The molecule has 0 amide bonds. The lowest BCUT2D eigenvalue weighted by Crippen LogP contribution is -1.88. The molecule has 0 saturated carbocycles. The van der Waals surface area contributed by atoms with Gasteiger partial charge in [0.2, 0.25) is 0 Å². The average molecular weight is 211 g/mol. The molecule has 0 saturated heterocycles. The summed E-state index contributed by atoms with van der Waals surface area (Å²) in [6, 6.07) is 5.45. The lowest BCUT2D eigenvalue weighted by atomic mass is 10.4. The van der Waals surface area contributed by atoms with E-state index in [1.807, 2.05) is 26.0 Å². The molecule has 4 heteroatoms. The fourth-order valence-electron chi connectivity index (χ4n) is 1.09.